The van der Waals surface area contributed by atoms with Crippen LogP contribution in [-0.4, -0.2) is 11.6 Å². The van der Waals surface area contributed by atoms with Crippen molar-refractivity contribution in [3.8, 4) is 0 Å². The minimum atomic E-state index is -0.635. The molecule has 20 heavy (non-hydrogen) atoms. The first-order chi connectivity index (χ1) is 9.58. The number of hydrazone groups is 1. The second-order valence-electron chi connectivity index (χ2n) is 4.12. The highest BCUT2D eigenvalue weighted by atomic mass is 19.1. The Labute approximate surface area is 114 Å². The molecular formula is C15H12F2N2O. The number of hydrogen-bond donors (Lipinski definition) is 1. The zero-order chi connectivity index (χ0) is 14.5. The lowest BCUT2D eigenvalue weighted by Crippen LogP contribution is -2.20. The van der Waals surface area contributed by atoms with Gasteiger partial charge in [0, 0.05) is 0 Å². The fourth-order valence-corrected chi connectivity index (χ4v) is 1.60. The summed E-state index contributed by atoms with van der Waals surface area (Å²) < 4.78 is 26.2. The molecule has 1 amide bonds. The summed E-state index contributed by atoms with van der Waals surface area (Å²) >= 11 is 0. The first-order valence-electron chi connectivity index (χ1n) is 5.93. The molecule has 3 nitrogen and oxygen atoms in total. The standard InChI is InChI=1S/C15H12F2N2O/c1-10(11-6-8-12(16)9-7-11)18-19-15(20)13-4-2-3-5-14(13)17/h2-9H,1H3,(H,19,20). The Kier molecular flexibility index (Phi) is 4.20. The summed E-state index contributed by atoms with van der Waals surface area (Å²) in [7, 11) is 0. The van der Waals surface area contributed by atoms with Crippen LogP contribution in [0.5, 0.6) is 0 Å². The van der Waals surface area contributed by atoms with Gasteiger partial charge in [0.2, 0.25) is 0 Å². The predicted molar refractivity (Wildman–Crippen MR) is 72.5 cm³/mol. The van der Waals surface area contributed by atoms with Gasteiger partial charge in [-0.25, -0.2) is 14.2 Å². The lowest BCUT2D eigenvalue weighted by Gasteiger charge is -2.03. The lowest BCUT2D eigenvalue weighted by molar-refractivity contribution is 0.0951. The summed E-state index contributed by atoms with van der Waals surface area (Å²) in [6.07, 6.45) is 0. The van der Waals surface area contributed by atoms with Crippen molar-refractivity contribution in [2.45, 2.75) is 6.92 Å². The van der Waals surface area contributed by atoms with E-state index in [0.29, 0.717) is 11.3 Å². The number of benzene rings is 2. The van der Waals surface area contributed by atoms with Gasteiger partial charge in [-0.1, -0.05) is 24.3 Å². The van der Waals surface area contributed by atoms with E-state index in [1.807, 2.05) is 0 Å². The third kappa shape index (κ3) is 3.26. The molecule has 0 radical (unpaired) electrons. The number of rotatable bonds is 3. The first-order valence-corrected chi connectivity index (χ1v) is 5.93. The second-order valence-corrected chi connectivity index (χ2v) is 4.12. The topological polar surface area (TPSA) is 41.5 Å². The van der Waals surface area contributed by atoms with Gasteiger partial charge < -0.3 is 0 Å². The van der Waals surface area contributed by atoms with Gasteiger partial charge in [0.25, 0.3) is 5.91 Å². The lowest BCUT2D eigenvalue weighted by atomic mass is 10.1. The van der Waals surface area contributed by atoms with Crippen molar-refractivity contribution >= 4 is 11.6 Å². The molecule has 2 rings (SSSR count). The zero-order valence-electron chi connectivity index (χ0n) is 10.7. The van der Waals surface area contributed by atoms with Crippen molar-refractivity contribution < 1.29 is 13.6 Å². The molecule has 0 bridgehead atoms. The van der Waals surface area contributed by atoms with Crippen LogP contribution in [0.4, 0.5) is 8.78 Å². The third-order valence-electron chi connectivity index (χ3n) is 2.71. The quantitative estimate of drug-likeness (QED) is 0.678. The third-order valence-corrected chi connectivity index (χ3v) is 2.71. The predicted octanol–water partition coefficient (Wildman–Crippen LogP) is 3.12. The molecule has 0 saturated carbocycles. The van der Waals surface area contributed by atoms with Gasteiger partial charge in [0.15, 0.2) is 0 Å². The molecule has 102 valence electrons. The van der Waals surface area contributed by atoms with Crippen LogP contribution in [0.3, 0.4) is 0 Å². The fraction of sp³-hybridized carbons (Fsp3) is 0.0667. The van der Waals surface area contributed by atoms with E-state index >= 15 is 0 Å². The molecule has 0 aliphatic carbocycles. The van der Waals surface area contributed by atoms with Crippen molar-refractivity contribution in [3.63, 3.8) is 0 Å². The van der Waals surface area contributed by atoms with E-state index in [-0.39, 0.29) is 11.4 Å². The van der Waals surface area contributed by atoms with Gasteiger partial charge in [-0.05, 0) is 36.8 Å². The van der Waals surface area contributed by atoms with Gasteiger partial charge in [-0.2, -0.15) is 5.10 Å². The van der Waals surface area contributed by atoms with Crippen LogP contribution in [0.15, 0.2) is 53.6 Å². The number of nitrogens with one attached hydrogen (secondary N) is 1. The SMILES string of the molecule is CC(=NNC(=O)c1ccccc1F)c1ccc(F)cc1. The summed E-state index contributed by atoms with van der Waals surface area (Å²) in [4.78, 5) is 11.7. The minimum Gasteiger partial charge on any atom is -0.267 e. The van der Waals surface area contributed by atoms with Crippen LogP contribution in [0.25, 0.3) is 0 Å². The maximum atomic E-state index is 13.4. The molecule has 0 aromatic heterocycles. The summed E-state index contributed by atoms with van der Waals surface area (Å²) in [6, 6.07) is 11.3. The maximum Gasteiger partial charge on any atom is 0.274 e. The monoisotopic (exact) mass is 274 g/mol. The number of amides is 1. The fourth-order valence-electron chi connectivity index (χ4n) is 1.60. The Bertz CT molecular complexity index is 651. The van der Waals surface area contributed by atoms with E-state index in [1.54, 1.807) is 25.1 Å². The van der Waals surface area contributed by atoms with Crippen LogP contribution in [0, 0.1) is 11.6 Å². The van der Waals surface area contributed by atoms with Gasteiger partial charge in [0.05, 0.1) is 11.3 Å². The summed E-state index contributed by atoms with van der Waals surface area (Å²) in [5, 5.41) is 3.87. The smallest absolute Gasteiger partial charge is 0.267 e. The Morgan fingerprint density at radius 1 is 1.05 bits per heavy atom. The second kappa shape index (κ2) is 6.06. The van der Waals surface area contributed by atoms with Crippen molar-refractivity contribution in [2.75, 3.05) is 0 Å². The van der Waals surface area contributed by atoms with Crippen LogP contribution in [0.1, 0.15) is 22.8 Å². The van der Waals surface area contributed by atoms with E-state index in [0.717, 1.165) is 0 Å². The van der Waals surface area contributed by atoms with Gasteiger partial charge in [0.1, 0.15) is 11.6 Å². The molecule has 0 spiro atoms. The Morgan fingerprint density at radius 3 is 2.35 bits per heavy atom. The average molecular weight is 274 g/mol. The molecule has 1 N–H and O–H groups in total. The molecule has 0 unspecified atom stereocenters. The van der Waals surface area contributed by atoms with Gasteiger partial charge in [-0.3, -0.25) is 4.79 Å². The summed E-state index contributed by atoms with van der Waals surface area (Å²) in [5.74, 6) is -1.60. The first kappa shape index (κ1) is 13.9. The molecule has 0 aliphatic rings. The summed E-state index contributed by atoms with van der Waals surface area (Å²) in [5.41, 5.74) is 3.35. The number of carbonyl (C=O) groups is 1. The van der Waals surface area contributed by atoms with Crippen LogP contribution in [-0.2, 0) is 0 Å². The molecule has 2 aromatic rings. The van der Waals surface area contributed by atoms with E-state index in [4.69, 9.17) is 0 Å². The molecule has 0 fully saturated rings. The molecular weight excluding hydrogens is 262 g/mol. The highest BCUT2D eigenvalue weighted by Crippen LogP contribution is 2.07. The Hall–Kier alpha value is -2.56. The number of nitrogens with zero attached hydrogens (tertiary/aromatic N) is 1. The average Bonchev–Trinajstić information content (AvgIpc) is 2.45. The van der Waals surface area contributed by atoms with E-state index < -0.39 is 11.7 Å². The number of carbonyl (C=O) groups excluding carboxylic acids is 1. The van der Waals surface area contributed by atoms with E-state index in [1.165, 1.54) is 30.3 Å². The maximum absolute atomic E-state index is 13.4. The molecule has 0 atom stereocenters. The van der Waals surface area contributed by atoms with E-state index in [2.05, 4.69) is 10.5 Å². The molecule has 0 aliphatic heterocycles. The highest BCUT2D eigenvalue weighted by molar-refractivity contribution is 6.00. The van der Waals surface area contributed by atoms with Crippen molar-refractivity contribution in [1.29, 1.82) is 0 Å². The largest absolute Gasteiger partial charge is 0.274 e. The minimum absolute atomic E-state index is 0.0804. The number of halogens is 2. The Balaban J connectivity index is 2.11. The summed E-state index contributed by atoms with van der Waals surface area (Å²) in [6.45, 7) is 1.66. The van der Waals surface area contributed by atoms with E-state index in [9.17, 15) is 13.6 Å². The Morgan fingerprint density at radius 2 is 1.70 bits per heavy atom. The normalized spacial score (nSPS) is 11.2. The van der Waals surface area contributed by atoms with Crippen molar-refractivity contribution in [1.82, 2.24) is 5.43 Å². The molecule has 5 heteroatoms. The van der Waals surface area contributed by atoms with Gasteiger partial charge >= 0.3 is 0 Å². The molecule has 0 heterocycles. The van der Waals surface area contributed by atoms with Crippen LogP contribution < -0.4 is 5.43 Å². The zero-order valence-corrected chi connectivity index (χ0v) is 10.7. The molecule has 0 saturated heterocycles. The highest BCUT2D eigenvalue weighted by Gasteiger charge is 2.09. The van der Waals surface area contributed by atoms with Crippen LogP contribution >= 0.6 is 0 Å². The van der Waals surface area contributed by atoms with Gasteiger partial charge in [-0.15, -0.1) is 0 Å². The molecule has 2 aromatic carbocycles. The van der Waals surface area contributed by atoms with Crippen molar-refractivity contribution in [3.05, 3.63) is 71.3 Å². The van der Waals surface area contributed by atoms with Crippen molar-refractivity contribution in [2.24, 2.45) is 5.10 Å². The van der Waals surface area contributed by atoms with Crippen LogP contribution in [0.2, 0.25) is 0 Å². The number of hydrogen-bond acceptors (Lipinski definition) is 2.